The molecule has 6 nitrogen and oxygen atoms in total. The third kappa shape index (κ3) is 4.74. The summed E-state index contributed by atoms with van der Waals surface area (Å²) in [6.07, 6.45) is 5.61. The highest BCUT2D eigenvalue weighted by Gasteiger charge is 2.28. The second-order valence-electron chi connectivity index (χ2n) is 7.37. The Morgan fingerprint density at radius 1 is 1.18 bits per heavy atom. The van der Waals surface area contributed by atoms with Gasteiger partial charge in [-0.15, -0.1) is 24.8 Å². The lowest BCUT2D eigenvalue weighted by Crippen LogP contribution is -2.35. The molecule has 0 saturated heterocycles. The topological polar surface area (TPSA) is 92.5 Å². The first-order valence-corrected chi connectivity index (χ1v) is 9.36. The second kappa shape index (κ2) is 9.54. The van der Waals surface area contributed by atoms with E-state index in [4.69, 9.17) is 10.7 Å². The van der Waals surface area contributed by atoms with Gasteiger partial charge in [-0.05, 0) is 50.3 Å². The summed E-state index contributed by atoms with van der Waals surface area (Å²) < 4.78 is 0. The lowest BCUT2D eigenvalue weighted by molar-refractivity contribution is 0.345. The lowest BCUT2D eigenvalue weighted by atomic mass is 9.79. The van der Waals surface area contributed by atoms with Gasteiger partial charge in [-0.3, -0.25) is 0 Å². The van der Waals surface area contributed by atoms with Crippen LogP contribution in [0.5, 0.6) is 0 Å². The van der Waals surface area contributed by atoms with Gasteiger partial charge in [0.15, 0.2) is 0 Å². The zero-order valence-corrected chi connectivity index (χ0v) is 17.9. The maximum atomic E-state index is 5.88. The van der Waals surface area contributed by atoms with Gasteiger partial charge in [-0.2, -0.15) is 0 Å². The molecule has 0 unspecified atom stereocenters. The molecule has 8 heteroatoms. The summed E-state index contributed by atoms with van der Waals surface area (Å²) in [4.78, 5) is 16.9. The van der Waals surface area contributed by atoms with Crippen molar-refractivity contribution in [3.8, 4) is 0 Å². The monoisotopic (exact) mass is 422 g/mol. The number of benzene rings is 1. The van der Waals surface area contributed by atoms with Gasteiger partial charge in [0.2, 0.25) is 0 Å². The molecular formula is C20H28Cl2N6. The van der Waals surface area contributed by atoms with Crippen molar-refractivity contribution >= 4 is 41.7 Å². The zero-order chi connectivity index (χ0) is 18.1. The fraction of sp³-hybridized carbons (Fsp3) is 0.450. The number of halogens is 2. The van der Waals surface area contributed by atoms with Crippen LogP contribution in [0, 0.1) is 13.8 Å². The van der Waals surface area contributed by atoms with Gasteiger partial charge in [0.05, 0.1) is 11.0 Å². The van der Waals surface area contributed by atoms with E-state index >= 15 is 0 Å². The largest absolute Gasteiger partial charge is 0.370 e. The normalized spacial score (nSPS) is 18.1. The number of nitrogens with two attached hydrogens (primary N) is 1. The summed E-state index contributed by atoms with van der Waals surface area (Å²) in [5, 5.41) is 3.40. The van der Waals surface area contributed by atoms with Crippen LogP contribution in [0.2, 0.25) is 0 Å². The van der Waals surface area contributed by atoms with Crippen LogP contribution < -0.4 is 11.1 Å². The number of rotatable bonds is 6. The van der Waals surface area contributed by atoms with Crippen LogP contribution >= 0.6 is 24.8 Å². The highest BCUT2D eigenvalue weighted by atomic mass is 35.5. The smallest absolute Gasteiger partial charge is 0.129 e. The van der Waals surface area contributed by atoms with E-state index in [2.05, 4.69) is 52.3 Å². The molecule has 1 fully saturated rings. The predicted molar refractivity (Wildman–Crippen MR) is 119 cm³/mol. The Morgan fingerprint density at radius 3 is 2.71 bits per heavy atom. The van der Waals surface area contributed by atoms with Crippen LogP contribution in [0.3, 0.4) is 0 Å². The van der Waals surface area contributed by atoms with E-state index in [0.29, 0.717) is 12.0 Å². The Bertz CT molecular complexity index is 920. The molecule has 28 heavy (non-hydrogen) atoms. The predicted octanol–water partition coefficient (Wildman–Crippen LogP) is 4.06. The fourth-order valence-electron chi connectivity index (χ4n) is 3.55. The van der Waals surface area contributed by atoms with Gasteiger partial charge in [0.25, 0.3) is 0 Å². The Hall–Kier alpha value is -1.89. The Morgan fingerprint density at radius 2 is 1.96 bits per heavy atom. The van der Waals surface area contributed by atoms with Crippen molar-refractivity contribution in [2.75, 3.05) is 11.9 Å². The fourth-order valence-corrected chi connectivity index (χ4v) is 3.55. The first-order chi connectivity index (χ1) is 12.6. The molecule has 4 N–H and O–H groups in total. The minimum Gasteiger partial charge on any atom is -0.370 e. The standard InChI is InChI=1S/C20H26N6.2ClH/c1-12-5-6-16-20(13(12)2)26-18(25-16)4-3-7-22-19-10-17(23-11-24-19)14-8-15(21)9-14;;/h5-6,10-11,14-15H,3-4,7-9,21H2,1-2H3,(H,25,26)(H,22,23,24);2*1H. The zero-order valence-electron chi connectivity index (χ0n) is 16.2. The number of aromatic nitrogens is 4. The quantitative estimate of drug-likeness (QED) is 0.520. The van der Waals surface area contributed by atoms with Gasteiger partial charge < -0.3 is 16.0 Å². The third-order valence-corrected chi connectivity index (χ3v) is 5.41. The van der Waals surface area contributed by atoms with Gasteiger partial charge in [0.1, 0.15) is 18.0 Å². The summed E-state index contributed by atoms with van der Waals surface area (Å²) >= 11 is 0. The van der Waals surface area contributed by atoms with Crippen molar-refractivity contribution in [3.63, 3.8) is 0 Å². The maximum absolute atomic E-state index is 5.88. The Balaban J connectivity index is 0.00000140. The van der Waals surface area contributed by atoms with Crippen molar-refractivity contribution in [1.82, 2.24) is 19.9 Å². The minimum atomic E-state index is 0. The number of fused-ring (bicyclic) bond motifs is 1. The molecule has 4 rings (SSSR count). The number of H-pyrrole nitrogens is 1. The van der Waals surface area contributed by atoms with E-state index in [1.54, 1.807) is 6.33 Å². The molecule has 0 aliphatic heterocycles. The summed E-state index contributed by atoms with van der Waals surface area (Å²) in [5.41, 5.74) is 11.7. The Labute approximate surface area is 178 Å². The third-order valence-electron chi connectivity index (χ3n) is 5.41. The van der Waals surface area contributed by atoms with E-state index in [-0.39, 0.29) is 24.8 Å². The van der Waals surface area contributed by atoms with Crippen LogP contribution in [0.15, 0.2) is 24.5 Å². The molecule has 0 atom stereocenters. The number of imidazole rings is 1. The molecule has 152 valence electrons. The van der Waals surface area contributed by atoms with Crippen LogP contribution in [0.1, 0.15) is 47.8 Å². The first kappa shape index (κ1) is 22.4. The molecule has 1 aromatic carbocycles. The molecule has 0 bridgehead atoms. The summed E-state index contributed by atoms with van der Waals surface area (Å²) in [6.45, 7) is 5.11. The van der Waals surface area contributed by atoms with Crippen molar-refractivity contribution in [1.29, 1.82) is 0 Å². The molecule has 0 amide bonds. The number of anilines is 1. The highest BCUT2D eigenvalue weighted by Crippen LogP contribution is 2.34. The summed E-state index contributed by atoms with van der Waals surface area (Å²) in [6, 6.07) is 6.65. The molecule has 1 saturated carbocycles. The number of aryl methyl sites for hydroxylation is 3. The average Bonchev–Trinajstić information content (AvgIpc) is 3.03. The number of nitrogens with zero attached hydrogens (tertiary/aromatic N) is 3. The van der Waals surface area contributed by atoms with Crippen molar-refractivity contribution in [2.24, 2.45) is 5.73 Å². The Kier molecular flexibility index (Phi) is 7.63. The van der Waals surface area contributed by atoms with Crippen molar-refractivity contribution < 1.29 is 0 Å². The molecular weight excluding hydrogens is 395 g/mol. The molecule has 2 aromatic heterocycles. The van der Waals surface area contributed by atoms with Crippen LogP contribution in [0.25, 0.3) is 11.0 Å². The van der Waals surface area contributed by atoms with Gasteiger partial charge in [-0.25, -0.2) is 15.0 Å². The van der Waals surface area contributed by atoms with Crippen LogP contribution in [-0.4, -0.2) is 32.5 Å². The average molecular weight is 423 g/mol. The number of nitrogens with one attached hydrogen (secondary N) is 2. The summed E-state index contributed by atoms with van der Waals surface area (Å²) in [5.74, 6) is 2.43. The molecule has 1 aliphatic carbocycles. The van der Waals surface area contributed by atoms with Crippen LogP contribution in [-0.2, 0) is 6.42 Å². The molecule has 0 radical (unpaired) electrons. The van der Waals surface area contributed by atoms with Crippen molar-refractivity contribution in [2.45, 2.75) is 51.5 Å². The highest BCUT2D eigenvalue weighted by molar-refractivity contribution is 5.85. The van der Waals surface area contributed by atoms with Gasteiger partial charge >= 0.3 is 0 Å². The lowest BCUT2D eigenvalue weighted by Gasteiger charge is -2.31. The van der Waals surface area contributed by atoms with Gasteiger partial charge in [0, 0.05) is 36.7 Å². The van der Waals surface area contributed by atoms with Crippen molar-refractivity contribution in [3.05, 3.63) is 47.2 Å². The molecule has 3 aromatic rings. The molecule has 1 aliphatic rings. The second-order valence-corrected chi connectivity index (χ2v) is 7.37. The molecule has 0 spiro atoms. The number of hydrogen-bond acceptors (Lipinski definition) is 5. The van der Waals surface area contributed by atoms with Gasteiger partial charge in [-0.1, -0.05) is 6.07 Å². The van der Waals surface area contributed by atoms with E-state index in [1.165, 1.54) is 11.1 Å². The summed E-state index contributed by atoms with van der Waals surface area (Å²) in [7, 11) is 0. The SMILES string of the molecule is Cc1ccc2[nH]c(CCCNc3cc(C4CC(N)C4)ncn3)nc2c1C.Cl.Cl. The number of aromatic amines is 1. The molecule has 2 heterocycles. The van der Waals surface area contributed by atoms with E-state index in [1.807, 2.05) is 0 Å². The first-order valence-electron chi connectivity index (χ1n) is 9.36. The number of hydrogen-bond donors (Lipinski definition) is 3. The minimum absolute atomic E-state index is 0. The van der Waals surface area contributed by atoms with Crippen LogP contribution in [0.4, 0.5) is 5.82 Å². The van der Waals surface area contributed by atoms with E-state index in [9.17, 15) is 0 Å². The maximum Gasteiger partial charge on any atom is 0.129 e. The van der Waals surface area contributed by atoms with E-state index < -0.39 is 0 Å². The van der Waals surface area contributed by atoms with E-state index in [0.717, 1.165) is 60.6 Å².